The number of benzene rings is 1. The van der Waals surface area contributed by atoms with Crippen LogP contribution in [0.1, 0.15) is 23.4 Å². The molecule has 4 atom stereocenters. The maximum Gasteiger partial charge on any atom is 0.224 e. The lowest BCUT2D eigenvalue weighted by atomic mass is 10.1. The average Bonchev–Trinajstić information content (AvgIpc) is 3.46. The van der Waals surface area contributed by atoms with Crippen LogP contribution in [0.25, 0.3) is 20.8 Å². The summed E-state index contributed by atoms with van der Waals surface area (Å²) in [5, 5.41) is 37.6. The fourth-order valence-corrected chi connectivity index (χ4v) is 7.31. The molecule has 13 heteroatoms. The third-order valence-electron chi connectivity index (χ3n) is 7.08. The summed E-state index contributed by atoms with van der Waals surface area (Å²) >= 11 is 1.46. The van der Waals surface area contributed by atoms with Crippen LogP contribution in [-0.4, -0.2) is 80.8 Å². The number of aromatic nitrogens is 4. The second-order valence-electron chi connectivity index (χ2n) is 10.0. The highest BCUT2D eigenvalue weighted by molar-refractivity contribution is 7.90. The van der Waals surface area contributed by atoms with Crippen LogP contribution in [0.15, 0.2) is 42.6 Å². The van der Waals surface area contributed by atoms with Crippen LogP contribution < -0.4 is 10.6 Å². The van der Waals surface area contributed by atoms with Gasteiger partial charge in [0.25, 0.3) is 0 Å². The Hall–Kier alpha value is -3.23. The molecule has 0 saturated heterocycles. The number of sulfone groups is 1. The van der Waals surface area contributed by atoms with E-state index < -0.39 is 34.0 Å². The minimum absolute atomic E-state index is 0.0546. The van der Waals surface area contributed by atoms with Gasteiger partial charge in [-0.25, -0.2) is 18.4 Å². The molecular weight excluding hydrogens is 552 g/mol. The Labute approximate surface area is 236 Å². The lowest BCUT2D eigenvalue weighted by Gasteiger charge is -2.21. The van der Waals surface area contributed by atoms with Gasteiger partial charge in [0.15, 0.2) is 9.84 Å². The predicted molar refractivity (Wildman–Crippen MR) is 155 cm³/mol. The molecule has 1 fully saturated rings. The highest BCUT2D eigenvalue weighted by Gasteiger charge is 2.41. The summed E-state index contributed by atoms with van der Waals surface area (Å²) < 4.78 is 26.3. The van der Waals surface area contributed by atoms with Gasteiger partial charge in [-0.2, -0.15) is 4.98 Å². The van der Waals surface area contributed by atoms with Crippen LogP contribution in [0, 0.1) is 19.8 Å². The predicted octanol–water partition coefficient (Wildman–Crippen LogP) is 2.31. The van der Waals surface area contributed by atoms with Crippen LogP contribution >= 0.6 is 11.3 Å². The SMILES string of the molecule is Cc1nc(NCCS(=O)(=O)Cc2ccccc2)nc(NC2CC(CO)C(O)C2O)c1-c1nc2c(C)nccc2s1. The molecule has 5 rings (SSSR count). The minimum Gasteiger partial charge on any atom is -0.396 e. The zero-order valence-electron chi connectivity index (χ0n) is 22.1. The van der Waals surface area contributed by atoms with Crippen LogP contribution in [0.3, 0.4) is 0 Å². The molecule has 4 unspecified atom stereocenters. The standard InChI is InChI=1S/C27H32N6O5S2/c1-15-21(26-32-22-16(2)28-9-8-20(22)39-26)25(31-19-12-18(13-34)23(35)24(19)36)33-27(30-15)29-10-11-40(37,38)14-17-6-4-3-5-7-17/h3-9,18-19,23-24,34-36H,10-14H2,1-2H3,(H2,29,30,31,33). The highest BCUT2D eigenvalue weighted by Crippen LogP contribution is 2.38. The third kappa shape index (κ3) is 6.08. The molecule has 0 radical (unpaired) electrons. The Bertz CT molecular complexity index is 1600. The lowest BCUT2D eigenvalue weighted by Crippen LogP contribution is -2.35. The second-order valence-corrected chi connectivity index (χ2v) is 13.2. The van der Waals surface area contributed by atoms with Gasteiger partial charge >= 0.3 is 0 Å². The van der Waals surface area contributed by atoms with E-state index in [0.717, 1.165) is 21.5 Å². The van der Waals surface area contributed by atoms with Crippen molar-refractivity contribution < 1.29 is 23.7 Å². The summed E-state index contributed by atoms with van der Waals surface area (Å²) in [5.74, 6) is -0.0143. The Morgan fingerprint density at radius 2 is 1.80 bits per heavy atom. The molecule has 3 aromatic heterocycles. The van der Waals surface area contributed by atoms with Crippen LogP contribution in [-0.2, 0) is 15.6 Å². The topological polar surface area (TPSA) is 170 Å². The summed E-state index contributed by atoms with van der Waals surface area (Å²) in [7, 11) is -3.37. The van der Waals surface area contributed by atoms with Crippen molar-refractivity contribution in [1.82, 2.24) is 19.9 Å². The molecule has 1 aliphatic rings. The third-order valence-corrected chi connectivity index (χ3v) is 9.72. The molecule has 40 heavy (non-hydrogen) atoms. The first-order chi connectivity index (χ1) is 19.1. The van der Waals surface area contributed by atoms with Gasteiger partial charge in [-0.15, -0.1) is 11.3 Å². The van der Waals surface area contributed by atoms with Crippen molar-refractivity contribution in [3.63, 3.8) is 0 Å². The molecule has 5 N–H and O–H groups in total. The van der Waals surface area contributed by atoms with Crippen LogP contribution in [0.4, 0.5) is 11.8 Å². The Balaban J connectivity index is 1.42. The van der Waals surface area contributed by atoms with Crippen LogP contribution in [0.2, 0.25) is 0 Å². The summed E-state index contributed by atoms with van der Waals surface area (Å²) in [4.78, 5) is 18.4. The van der Waals surface area contributed by atoms with Gasteiger partial charge in [0.1, 0.15) is 22.4 Å². The number of hydrogen-bond acceptors (Lipinski definition) is 12. The van der Waals surface area contributed by atoms with Crippen molar-refractivity contribution in [3.05, 3.63) is 59.5 Å². The molecule has 4 aromatic rings. The van der Waals surface area contributed by atoms with Gasteiger partial charge in [-0.1, -0.05) is 30.3 Å². The van der Waals surface area contributed by atoms with Crippen molar-refractivity contribution in [2.45, 2.75) is 44.3 Å². The van der Waals surface area contributed by atoms with Gasteiger partial charge in [-0.3, -0.25) is 4.98 Å². The fourth-order valence-electron chi connectivity index (χ4n) is 4.94. The van der Waals surface area contributed by atoms with Gasteiger partial charge in [0, 0.05) is 25.3 Å². The van der Waals surface area contributed by atoms with E-state index in [1.807, 2.05) is 38.1 Å². The Morgan fingerprint density at radius 3 is 2.50 bits per heavy atom. The maximum absolute atomic E-state index is 12.7. The monoisotopic (exact) mass is 584 g/mol. The molecule has 0 aliphatic heterocycles. The normalized spacial score (nSPS) is 21.1. The Kier molecular flexibility index (Phi) is 8.29. The number of fused-ring (bicyclic) bond motifs is 1. The second kappa shape index (κ2) is 11.7. The summed E-state index contributed by atoms with van der Waals surface area (Å²) in [6, 6.07) is 10.3. The first-order valence-electron chi connectivity index (χ1n) is 13.0. The van der Waals surface area contributed by atoms with Gasteiger partial charge in [0.05, 0.1) is 45.3 Å². The molecule has 1 aromatic carbocycles. The van der Waals surface area contributed by atoms with Crippen LogP contribution in [0.5, 0.6) is 0 Å². The number of nitrogens with one attached hydrogen (secondary N) is 2. The number of thiazole rings is 1. The first kappa shape index (κ1) is 28.3. The molecular formula is C27H32N6O5S2. The minimum atomic E-state index is -3.37. The van der Waals surface area contributed by atoms with Gasteiger partial charge < -0.3 is 26.0 Å². The van der Waals surface area contributed by atoms with Gasteiger partial charge in [0.2, 0.25) is 5.95 Å². The van der Waals surface area contributed by atoms with E-state index >= 15 is 0 Å². The highest BCUT2D eigenvalue weighted by atomic mass is 32.2. The molecule has 0 amide bonds. The lowest BCUT2D eigenvalue weighted by molar-refractivity contribution is 0.00446. The zero-order chi connectivity index (χ0) is 28.4. The quantitative estimate of drug-likeness (QED) is 0.185. The van der Waals surface area contributed by atoms with Crippen molar-refractivity contribution in [3.8, 4) is 10.6 Å². The maximum atomic E-state index is 12.7. The molecule has 0 bridgehead atoms. The largest absolute Gasteiger partial charge is 0.396 e. The molecule has 1 saturated carbocycles. The molecule has 11 nitrogen and oxygen atoms in total. The number of pyridine rings is 1. The number of aliphatic hydroxyl groups excluding tert-OH is 3. The molecule has 1 aliphatic carbocycles. The van der Waals surface area contributed by atoms with Crippen molar-refractivity contribution >= 4 is 43.2 Å². The Morgan fingerprint density at radius 1 is 1.02 bits per heavy atom. The van der Waals surface area contributed by atoms with Crippen molar-refractivity contribution in [1.29, 1.82) is 0 Å². The van der Waals surface area contributed by atoms with Crippen molar-refractivity contribution in [2.75, 3.05) is 29.5 Å². The molecule has 212 valence electrons. The number of aryl methyl sites for hydroxylation is 2. The van der Waals surface area contributed by atoms with Gasteiger partial charge in [-0.05, 0) is 31.9 Å². The number of rotatable bonds is 10. The van der Waals surface area contributed by atoms with E-state index in [0.29, 0.717) is 28.5 Å². The van der Waals surface area contributed by atoms with E-state index in [1.165, 1.54) is 11.3 Å². The number of anilines is 2. The van der Waals surface area contributed by atoms with E-state index in [9.17, 15) is 23.7 Å². The fraction of sp³-hybridized carbons (Fsp3) is 0.407. The summed E-state index contributed by atoms with van der Waals surface area (Å²) in [6.07, 6.45) is -0.115. The van der Waals surface area contributed by atoms with Crippen molar-refractivity contribution in [2.24, 2.45) is 5.92 Å². The first-order valence-corrected chi connectivity index (χ1v) is 15.6. The summed E-state index contributed by atoms with van der Waals surface area (Å²) in [5.41, 5.74) is 3.53. The van der Waals surface area contributed by atoms with E-state index in [4.69, 9.17) is 4.98 Å². The number of hydrogen-bond donors (Lipinski definition) is 5. The zero-order valence-corrected chi connectivity index (χ0v) is 23.8. The van der Waals surface area contributed by atoms with E-state index in [2.05, 4.69) is 25.6 Å². The summed E-state index contributed by atoms with van der Waals surface area (Å²) in [6.45, 7) is 3.56. The van der Waals surface area contributed by atoms with E-state index in [1.54, 1.807) is 18.3 Å². The number of aliphatic hydroxyl groups is 3. The molecule has 0 spiro atoms. The number of nitrogens with zero attached hydrogens (tertiary/aromatic N) is 4. The average molecular weight is 585 g/mol. The molecule has 3 heterocycles. The van der Waals surface area contributed by atoms with E-state index in [-0.39, 0.29) is 30.6 Å². The smallest absolute Gasteiger partial charge is 0.224 e.